The van der Waals surface area contributed by atoms with E-state index in [1.807, 2.05) is 0 Å². The highest BCUT2D eigenvalue weighted by atomic mass is 19.4. The van der Waals surface area contributed by atoms with Crippen molar-refractivity contribution in [3.05, 3.63) is 0 Å². The minimum Gasteiger partial charge on any atom is -0.331 e. The molecule has 19 heavy (non-hydrogen) atoms. The van der Waals surface area contributed by atoms with Crippen LogP contribution in [0.2, 0.25) is 0 Å². The van der Waals surface area contributed by atoms with Crippen molar-refractivity contribution in [1.82, 2.24) is 0 Å². The summed E-state index contributed by atoms with van der Waals surface area (Å²) in [6.45, 7) is 1.70. The van der Waals surface area contributed by atoms with E-state index in [1.54, 1.807) is 6.92 Å². The Balaban J connectivity index is 4.96. The molecule has 0 spiro atoms. The summed E-state index contributed by atoms with van der Waals surface area (Å²) in [4.78, 5) is 0. The predicted octanol–water partition coefficient (Wildman–Crippen LogP) is 4.45. The lowest BCUT2D eigenvalue weighted by molar-refractivity contribution is -0.417. The standard InChI is InChI=1S/C10H14F8O/c1-2-3-4-5-6-7(11,12)8(13,14)9(15,16)10(17,18)19/h19H,2-6H2,1H3. The molecule has 0 radical (unpaired) electrons. The fourth-order valence-corrected chi connectivity index (χ4v) is 1.35. The van der Waals surface area contributed by atoms with Crippen LogP contribution in [0.3, 0.4) is 0 Å². The maximum atomic E-state index is 13.0. The van der Waals surface area contributed by atoms with Gasteiger partial charge >= 0.3 is 23.9 Å². The summed E-state index contributed by atoms with van der Waals surface area (Å²) in [6.07, 6.45) is -7.30. The minimum absolute atomic E-state index is 0.0866. The van der Waals surface area contributed by atoms with E-state index in [0.29, 0.717) is 12.8 Å². The number of rotatable bonds is 8. The topological polar surface area (TPSA) is 20.2 Å². The molecule has 0 aliphatic carbocycles. The van der Waals surface area contributed by atoms with Gasteiger partial charge in [0, 0.05) is 6.42 Å². The molecule has 0 saturated heterocycles. The lowest BCUT2D eigenvalue weighted by Gasteiger charge is -2.34. The zero-order chi connectivity index (χ0) is 15.5. The molecular weight excluding hydrogens is 288 g/mol. The molecule has 0 saturated carbocycles. The maximum absolute atomic E-state index is 13.0. The summed E-state index contributed by atoms with van der Waals surface area (Å²) in [5, 5.41) is 7.66. The molecule has 0 heterocycles. The summed E-state index contributed by atoms with van der Waals surface area (Å²) in [5.41, 5.74) is 0. The van der Waals surface area contributed by atoms with Crippen LogP contribution in [0.1, 0.15) is 39.0 Å². The van der Waals surface area contributed by atoms with E-state index < -0.39 is 36.7 Å². The third kappa shape index (κ3) is 3.70. The Morgan fingerprint density at radius 2 is 1.21 bits per heavy atom. The van der Waals surface area contributed by atoms with Crippen LogP contribution >= 0.6 is 0 Å². The molecule has 0 bridgehead atoms. The number of hydrogen-bond donors (Lipinski definition) is 1. The average Bonchev–Trinajstić information content (AvgIpc) is 2.22. The summed E-state index contributed by atoms with van der Waals surface area (Å²) >= 11 is 0. The Hall–Kier alpha value is -0.600. The number of unbranched alkanes of at least 4 members (excludes halogenated alkanes) is 3. The second-order valence-corrected chi connectivity index (χ2v) is 4.21. The van der Waals surface area contributed by atoms with E-state index in [2.05, 4.69) is 0 Å². The zero-order valence-corrected chi connectivity index (χ0v) is 10.0. The Kier molecular flexibility index (Phi) is 5.62. The van der Waals surface area contributed by atoms with Gasteiger partial charge in [-0.05, 0) is 6.42 Å². The van der Waals surface area contributed by atoms with Gasteiger partial charge in [-0.3, -0.25) is 0 Å². The second-order valence-electron chi connectivity index (χ2n) is 4.21. The van der Waals surface area contributed by atoms with E-state index in [-0.39, 0.29) is 6.42 Å². The van der Waals surface area contributed by atoms with Crippen molar-refractivity contribution in [3.8, 4) is 0 Å². The highest BCUT2D eigenvalue weighted by Gasteiger charge is 2.80. The molecule has 0 aliphatic rings. The van der Waals surface area contributed by atoms with Crippen molar-refractivity contribution in [2.75, 3.05) is 0 Å². The van der Waals surface area contributed by atoms with Gasteiger partial charge in [0.05, 0.1) is 0 Å². The molecule has 0 unspecified atom stereocenters. The molecule has 0 fully saturated rings. The smallest absolute Gasteiger partial charge is 0.331 e. The zero-order valence-electron chi connectivity index (χ0n) is 10.0. The van der Waals surface area contributed by atoms with Crippen LogP contribution in [0.25, 0.3) is 0 Å². The van der Waals surface area contributed by atoms with E-state index in [1.165, 1.54) is 0 Å². The molecule has 1 N–H and O–H groups in total. The van der Waals surface area contributed by atoms with Gasteiger partial charge in [-0.1, -0.05) is 26.2 Å². The van der Waals surface area contributed by atoms with Crippen LogP contribution in [-0.4, -0.2) is 29.0 Å². The predicted molar refractivity (Wildman–Crippen MR) is 50.8 cm³/mol. The lowest BCUT2D eigenvalue weighted by Crippen LogP contribution is -2.62. The molecular formula is C10H14F8O. The Bertz CT molecular complexity index is 284. The van der Waals surface area contributed by atoms with Gasteiger partial charge in [0.25, 0.3) is 0 Å². The molecule has 116 valence electrons. The SMILES string of the molecule is CCCCCCC(F)(F)C(F)(F)C(F)(F)C(O)(F)F. The van der Waals surface area contributed by atoms with Crippen molar-refractivity contribution < 1.29 is 40.2 Å². The first-order valence-electron chi connectivity index (χ1n) is 5.55. The molecule has 0 aromatic rings. The molecule has 0 rings (SSSR count). The first kappa shape index (κ1) is 18.4. The van der Waals surface area contributed by atoms with Crippen molar-refractivity contribution in [2.24, 2.45) is 0 Å². The van der Waals surface area contributed by atoms with Gasteiger partial charge in [-0.15, -0.1) is 0 Å². The molecule has 0 atom stereocenters. The van der Waals surface area contributed by atoms with Crippen LogP contribution in [0.15, 0.2) is 0 Å². The molecule has 0 aromatic heterocycles. The highest BCUT2D eigenvalue weighted by molar-refractivity contribution is 4.99. The van der Waals surface area contributed by atoms with E-state index in [4.69, 9.17) is 5.11 Å². The maximum Gasteiger partial charge on any atom is 0.423 e. The van der Waals surface area contributed by atoms with Gasteiger partial charge in [0.2, 0.25) is 0 Å². The Morgan fingerprint density at radius 3 is 1.58 bits per heavy atom. The number of alkyl halides is 8. The molecule has 0 aliphatic heterocycles. The Morgan fingerprint density at radius 1 is 0.737 bits per heavy atom. The first-order valence-corrected chi connectivity index (χ1v) is 5.55. The average molecular weight is 302 g/mol. The van der Waals surface area contributed by atoms with Crippen LogP contribution < -0.4 is 0 Å². The van der Waals surface area contributed by atoms with Crippen molar-refractivity contribution in [1.29, 1.82) is 0 Å². The monoisotopic (exact) mass is 302 g/mol. The fraction of sp³-hybridized carbons (Fsp3) is 1.00. The normalized spacial score (nSPS) is 14.8. The van der Waals surface area contributed by atoms with E-state index >= 15 is 0 Å². The third-order valence-corrected chi connectivity index (χ3v) is 2.58. The number of halogens is 8. The van der Waals surface area contributed by atoms with Crippen molar-refractivity contribution in [2.45, 2.75) is 62.9 Å². The van der Waals surface area contributed by atoms with E-state index in [9.17, 15) is 35.1 Å². The van der Waals surface area contributed by atoms with Gasteiger partial charge in [0.15, 0.2) is 0 Å². The summed E-state index contributed by atoms with van der Waals surface area (Å²) in [7, 11) is 0. The van der Waals surface area contributed by atoms with Crippen LogP contribution in [0.4, 0.5) is 35.1 Å². The Labute approximate surface area is 104 Å². The summed E-state index contributed by atoms with van der Waals surface area (Å²) < 4.78 is 101. The van der Waals surface area contributed by atoms with Crippen molar-refractivity contribution >= 4 is 0 Å². The fourth-order valence-electron chi connectivity index (χ4n) is 1.35. The molecule has 1 nitrogen and oxygen atoms in total. The largest absolute Gasteiger partial charge is 0.423 e. The second kappa shape index (κ2) is 5.80. The van der Waals surface area contributed by atoms with Crippen LogP contribution in [-0.2, 0) is 0 Å². The van der Waals surface area contributed by atoms with Crippen molar-refractivity contribution in [3.63, 3.8) is 0 Å². The third-order valence-electron chi connectivity index (χ3n) is 2.58. The summed E-state index contributed by atoms with van der Waals surface area (Å²) in [5.74, 6) is -18.2. The highest BCUT2D eigenvalue weighted by Crippen LogP contribution is 2.53. The number of hydrogen-bond acceptors (Lipinski definition) is 1. The molecule has 0 amide bonds. The van der Waals surface area contributed by atoms with Gasteiger partial charge in [-0.2, -0.15) is 35.1 Å². The van der Waals surface area contributed by atoms with Crippen LogP contribution in [0.5, 0.6) is 0 Å². The summed E-state index contributed by atoms with van der Waals surface area (Å²) in [6, 6.07) is 0. The van der Waals surface area contributed by atoms with Gasteiger partial charge < -0.3 is 5.11 Å². The van der Waals surface area contributed by atoms with Gasteiger partial charge in [0.1, 0.15) is 0 Å². The van der Waals surface area contributed by atoms with Gasteiger partial charge in [-0.25, -0.2) is 0 Å². The number of aliphatic hydroxyl groups is 1. The minimum atomic E-state index is -6.55. The van der Waals surface area contributed by atoms with Crippen LogP contribution in [0, 0.1) is 0 Å². The lowest BCUT2D eigenvalue weighted by atomic mass is 9.98. The first-order chi connectivity index (χ1) is 8.31. The molecule has 0 aromatic carbocycles. The van der Waals surface area contributed by atoms with E-state index in [0.717, 1.165) is 0 Å². The quantitative estimate of drug-likeness (QED) is 0.519. The molecule has 9 heteroatoms.